The zero-order valence-electron chi connectivity index (χ0n) is 6.95. The van der Waals surface area contributed by atoms with Crippen molar-refractivity contribution in [2.45, 2.75) is 17.6 Å². The van der Waals surface area contributed by atoms with Crippen LogP contribution in [-0.2, 0) is 16.3 Å². The lowest BCUT2D eigenvalue weighted by molar-refractivity contribution is 0.597. The molecular weight excluding hydrogens is 232 g/mol. The fraction of sp³-hybridized carbons (Fsp3) is 0.500. The van der Waals surface area contributed by atoms with Gasteiger partial charge in [0.25, 0.3) is 0 Å². The van der Waals surface area contributed by atoms with E-state index in [-0.39, 0.29) is 8.68 Å². The number of thiazole rings is 1. The van der Waals surface area contributed by atoms with Gasteiger partial charge in [-0.3, -0.25) is 0 Å². The predicted molar refractivity (Wildman–Crippen MR) is 52.7 cm³/mol. The standard InChI is InChI=1S/C6H9ClN2O2S2/c1-2-4-5(12-6(7)9-4)13(10,11)3-8/h2-3,8H2,1H3. The molecule has 1 rings (SSSR count). The fourth-order valence-corrected chi connectivity index (χ4v) is 3.59. The van der Waals surface area contributed by atoms with Gasteiger partial charge in [-0.15, -0.1) is 0 Å². The minimum atomic E-state index is -3.37. The maximum absolute atomic E-state index is 11.4. The van der Waals surface area contributed by atoms with Gasteiger partial charge in [-0.2, -0.15) is 0 Å². The van der Waals surface area contributed by atoms with Crippen LogP contribution in [0.5, 0.6) is 0 Å². The second-order valence-corrected chi connectivity index (χ2v) is 6.15. The first-order valence-electron chi connectivity index (χ1n) is 3.59. The molecule has 7 heteroatoms. The quantitative estimate of drug-likeness (QED) is 0.857. The number of aryl methyl sites for hydroxylation is 1. The van der Waals surface area contributed by atoms with Crippen LogP contribution >= 0.6 is 22.9 Å². The van der Waals surface area contributed by atoms with E-state index in [4.69, 9.17) is 17.3 Å². The first-order chi connectivity index (χ1) is 6.01. The monoisotopic (exact) mass is 240 g/mol. The number of hydrogen-bond acceptors (Lipinski definition) is 5. The van der Waals surface area contributed by atoms with Crippen LogP contribution in [0.4, 0.5) is 0 Å². The van der Waals surface area contributed by atoms with Crippen LogP contribution in [0.25, 0.3) is 0 Å². The molecule has 0 aromatic carbocycles. The number of nitrogens with two attached hydrogens (primary N) is 1. The molecule has 0 amide bonds. The summed E-state index contributed by atoms with van der Waals surface area (Å²) in [5, 5.41) is 0. The molecule has 0 radical (unpaired) electrons. The summed E-state index contributed by atoms with van der Waals surface area (Å²) in [4.78, 5) is 3.89. The lowest BCUT2D eigenvalue weighted by Crippen LogP contribution is -2.14. The van der Waals surface area contributed by atoms with Crippen molar-refractivity contribution in [3.05, 3.63) is 10.2 Å². The van der Waals surface area contributed by atoms with E-state index < -0.39 is 15.7 Å². The molecule has 0 saturated carbocycles. The summed E-state index contributed by atoms with van der Waals surface area (Å²) in [6.07, 6.45) is 0.539. The number of rotatable bonds is 3. The molecule has 74 valence electrons. The first kappa shape index (κ1) is 10.9. The largest absolute Gasteiger partial charge is 0.317 e. The highest BCUT2D eigenvalue weighted by molar-refractivity contribution is 7.93. The van der Waals surface area contributed by atoms with E-state index in [1.54, 1.807) is 0 Å². The molecule has 0 saturated heterocycles. The Kier molecular flexibility index (Phi) is 3.28. The maximum Gasteiger partial charge on any atom is 0.202 e. The summed E-state index contributed by atoms with van der Waals surface area (Å²) < 4.78 is 23.2. The summed E-state index contributed by atoms with van der Waals surface area (Å²) in [6, 6.07) is 0. The number of hydrogen-bond donors (Lipinski definition) is 1. The summed E-state index contributed by atoms with van der Waals surface area (Å²) in [7, 11) is -3.37. The maximum atomic E-state index is 11.4. The molecular formula is C6H9ClN2O2S2. The highest BCUT2D eigenvalue weighted by Gasteiger charge is 2.20. The van der Waals surface area contributed by atoms with Crippen molar-refractivity contribution in [1.82, 2.24) is 4.98 Å². The average molecular weight is 241 g/mol. The molecule has 2 N–H and O–H groups in total. The molecule has 13 heavy (non-hydrogen) atoms. The van der Waals surface area contributed by atoms with Gasteiger partial charge in [0.2, 0.25) is 9.84 Å². The van der Waals surface area contributed by atoms with Crippen molar-refractivity contribution in [2.24, 2.45) is 5.73 Å². The van der Waals surface area contributed by atoms with Gasteiger partial charge in [0.05, 0.1) is 5.69 Å². The molecule has 0 atom stereocenters. The summed E-state index contributed by atoms with van der Waals surface area (Å²) >= 11 is 6.57. The van der Waals surface area contributed by atoms with Gasteiger partial charge in [-0.25, -0.2) is 13.4 Å². The summed E-state index contributed by atoms with van der Waals surface area (Å²) in [5.41, 5.74) is 5.62. The number of sulfone groups is 1. The van der Waals surface area contributed by atoms with Crippen molar-refractivity contribution in [1.29, 1.82) is 0 Å². The Hall–Kier alpha value is -0.170. The van der Waals surface area contributed by atoms with E-state index in [0.717, 1.165) is 11.3 Å². The van der Waals surface area contributed by atoms with Crippen LogP contribution in [0.1, 0.15) is 12.6 Å². The minimum Gasteiger partial charge on any atom is -0.317 e. The molecule has 0 unspecified atom stereocenters. The van der Waals surface area contributed by atoms with Gasteiger partial charge in [-0.05, 0) is 6.42 Å². The van der Waals surface area contributed by atoms with Crippen molar-refractivity contribution in [3.8, 4) is 0 Å². The summed E-state index contributed by atoms with van der Waals surface area (Å²) in [6.45, 7) is 1.82. The Labute approximate surface area is 85.7 Å². The molecule has 0 bridgehead atoms. The van der Waals surface area contributed by atoms with Crippen LogP contribution in [0, 0.1) is 0 Å². The Morgan fingerprint density at radius 2 is 2.23 bits per heavy atom. The fourth-order valence-electron chi connectivity index (χ4n) is 0.852. The van der Waals surface area contributed by atoms with Gasteiger partial charge in [-0.1, -0.05) is 29.9 Å². The Balaban J connectivity index is 3.29. The molecule has 4 nitrogen and oxygen atoms in total. The predicted octanol–water partition coefficient (Wildman–Crippen LogP) is 1.05. The topological polar surface area (TPSA) is 73.0 Å². The zero-order valence-corrected chi connectivity index (χ0v) is 9.34. The van der Waals surface area contributed by atoms with Crippen molar-refractivity contribution < 1.29 is 8.42 Å². The van der Waals surface area contributed by atoms with Gasteiger partial charge in [0, 0.05) is 0 Å². The van der Waals surface area contributed by atoms with Crippen molar-refractivity contribution in [3.63, 3.8) is 0 Å². The number of halogens is 1. The van der Waals surface area contributed by atoms with E-state index in [9.17, 15) is 8.42 Å². The highest BCUT2D eigenvalue weighted by Crippen LogP contribution is 2.27. The van der Waals surface area contributed by atoms with Crippen molar-refractivity contribution >= 4 is 32.8 Å². The lowest BCUT2D eigenvalue weighted by atomic mass is 10.4. The summed E-state index contributed by atoms with van der Waals surface area (Å²) in [5.74, 6) is -0.404. The molecule has 1 heterocycles. The van der Waals surface area contributed by atoms with Crippen LogP contribution in [0.3, 0.4) is 0 Å². The van der Waals surface area contributed by atoms with E-state index in [0.29, 0.717) is 12.1 Å². The number of nitrogens with zero attached hydrogens (tertiary/aromatic N) is 1. The van der Waals surface area contributed by atoms with Crippen LogP contribution in [-0.4, -0.2) is 19.3 Å². The Bertz CT molecular complexity index is 399. The van der Waals surface area contributed by atoms with E-state index in [1.165, 1.54) is 0 Å². The number of aromatic nitrogens is 1. The third-order valence-corrected chi connectivity index (χ3v) is 4.72. The Morgan fingerprint density at radius 1 is 1.62 bits per heavy atom. The molecule has 0 aliphatic carbocycles. The van der Waals surface area contributed by atoms with E-state index in [1.807, 2.05) is 6.92 Å². The molecule has 0 spiro atoms. The zero-order chi connectivity index (χ0) is 10.1. The smallest absolute Gasteiger partial charge is 0.202 e. The molecule has 0 fully saturated rings. The molecule has 1 aromatic heterocycles. The SMILES string of the molecule is CCc1nc(Cl)sc1S(=O)(=O)CN. The highest BCUT2D eigenvalue weighted by atomic mass is 35.5. The second kappa shape index (κ2) is 3.91. The van der Waals surface area contributed by atoms with E-state index >= 15 is 0 Å². The normalized spacial score (nSPS) is 11.9. The second-order valence-electron chi connectivity index (χ2n) is 2.34. The Morgan fingerprint density at radius 3 is 2.69 bits per heavy atom. The van der Waals surface area contributed by atoms with Gasteiger partial charge < -0.3 is 5.73 Å². The first-order valence-corrected chi connectivity index (χ1v) is 6.44. The lowest BCUT2D eigenvalue weighted by Gasteiger charge is -1.97. The third kappa shape index (κ3) is 2.19. The average Bonchev–Trinajstić information content (AvgIpc) is 2.47. The van der Waals surface area contributed by atoms with Gasteiger partial charge in [0.1, 0.15) is 10.1 Å². The van der Waals surface area contributed by atoms with Gasteiger partial charge in [0.15, 0.2) is 4.47 Å². The third-order valence-electron chi connectivity index (χ3n) is 1.47. The van der Waals surface area contributed by atoms with E-state index in [2.05, 4.69) is 4.98 Å². The minimum absolute atomic E-state index is 0.197. The van der Waals surface area contributed by atoms with Gasteiger partial charge >= 0.3 is 0 Å². The molecule has 0 aliphatic rings. The molecule has 1 aromatic rings. The molecule has 0 aliphatic heterocycles. The van der Waals surface area contributed by atoms with Crippen LogP contribution in [0.2, 0.25) is 4.47 Å². The van der Waals surface area contributed by atoms with Crippen LogP contribution in [0.15, 0.2) is 4.21 Å². The van der Waals surface area contributed by atoms with Crippen molar-refractivity contribution in [2.75, 3.05) is 5.88 Å². The van der Waals surface area contributed by atoms with Crippen LogP contribution < -0.4 is 5.73 Å².